The van der Waals surface area contributed by atoms with E-state index in [-0.39, 0.29) is 23.3 Å². The molecule has 1 aromatic rings. The van der Waals surface area contributed by atoms with E-state index in [4.69, 9.17) is 14.2 Å². The molecule has 0 amide bonds. The van der Waals surface area contributed by atoms with Crippen LogP contribution in [0.15, 0.2) is 18.2 Å². The highest BCUT2D eigenvalue weighted by Crippen LogP contribution is 2.59. The van der Waals surface area contributed by atoms with Gasteiger partial charge in [0.05, 0.1) is 27.5 Å². The zero-order valence-electron chi connectivity index (χ0n) is 20.0. The van der Waals surface area contributed by atoms with Crippen LogP contribution in [-0.2, 0) is 19.6 Å². The van der Waals surface area contributed by atoms with Gasteiger partial charge in [-0.3, -0.25) is 0 Å². The molecule has 6 atom stereocenters. The van der Waals surface area contributed by atoms with Crippen molar-refractivity contribution in [1.82, 2.24) is 0 Å². The van der Waals surface area contributed by atoms with Gasteiger partial charge in [-0.15, -0.1) is 13.2 Å². The van der Waals surface area contributed by atoms with Crippen molar-refractivity contribution in [3.63, 3.8) is 0 Å². The number of carbonyl (C=O) groups excluding carboxylic acids is 1. The average molecular weight is 536 g/mol. The summed E-state index contributed by atoms with van der Waals surface area (Å²) in [6, 6.07) is 2.98. The molecule has 8 nitrogen and oxygen atoms in total. The van der Waals surface area contributed by atoms with Crippen LogP contribution in [-0.4, -0.2) is 50.1 Å². The van der Waals surface area contributed by atoms with Crippen LogP contribution in [0, 0.1) is 29.6 Å². The summed E-state index contributed by atoms with van der Waals surface area (Å²) in [6.45, 7) is 2.95. The van der Waals surface area contributed by atoms with Gasteiger partial charge in [0.15, 0.2) is 11.5 Å². The zero-order valence-corrected chi connectivity index (χ0v) is 20.8. The molecule has 3 aliphatic carbocycles. The molecule has 0 radical (unpaired) electrons. The Morgan fingerprint density at radius 2 is 1.83 bits per heavy atom. The van der Waals surface area contributed by atoms with Gasteiger partial charge < -0.3 is 23.5 Å². The summed E-state index contributed by atoms with van der Waals surface area (Å²) in [6.07, 6.45) is -0.269. The third-order valence-corrected chi connectivity index (χ3v) is 8.10. The van der Waals surface area contributed by atoms with Gasteiger partial charge in [-0.05, 0) is 67.6 Å². The lowest BCUT2D eigenvalue weighted by atomic mass is 9.80. The maximum absolute atomic E-state index is 13.0. The Morgan fingerprint density at radius 1 is 1.11 bits per heavy atom. The Balaban J connectivity index is 1.50. The molecule has 0 heterocycles. The molecule has 3 fully saturated rings. The van der Waals surface area contributed by atoms with Crippen LogP contribution < -0.4 is 9.47 Å². The quantitative estimate of drug-likeness (QED) is 0.245. The second kappa shape index (κ2) is 10.4. The molecule has 4 rings (SSSR count). The summed E-state index contributed by atoms with van der Waals surface area (Å²) >= 11 is 0. The molecule has 0 aromatic heterocycles. The van der Waals surface area contributed by atoms with Gasteiger partial charge in [0, 0.05) is 5.92 Å². The summed E-state index contributed by atoms with van der Waals surface area (Å²) in [4.78, 5) is 12.3. The lowest BCUT2D eigenvalue weighted by Gasteiger charge is -2.35. The topological polar surface area (TPSA) is 111 Å². The molecule has 12 heteroatoms. The first-order valence-electron chi connectivity index (χ1n) is 12.1. The second-order valence-corrected chi connectivity index (χ2v) is 11.7. The lowest BCUT2D eigenvalue weighted by molar-refractivity contribution is -0.275. The molecule has 36 heavy (non-hydrogen) atoms. The van der Waals surface area contributed by atoms with Crippen molar-refractivity contribution in [3.05, 3.63) is 23.8 Å². The second-order valence-electron chi connectivity index (χ2n) is 10.2. The summed E-state index contributed by atoms with van der Waals surface area (Å²) in [5.74, 6) is -0.785. The third kappa shape index (κ3) is 6.44. The van der Waals surface area contributed by atoms with E-state index in [1.807, 2.05) is 13.8 Å². The molecule has 0 N–H and O–H groups in total. The Hall–Kier alpha value is -2.05. The standard InChI is InChI=1S/C24H31F3O8S/c1-13(2)23(33-20-12-15-10-18(20)17-5-3-4-16(15)17)34-21-11-14(6-7-19(21)35-24(25,26)27)22(28)32-8-9-36(29,30)31/h6-7,11,13,15-18,20,23H,3-5,8-10,12H2,1-2H3,(H,29,30,31)/p-1. The minimum Gasteiger partial charge on any atom is -0.748 e. The fourth-order valence-electron chi connectivity index (χ4n) is 6.04. The summed E-state index contributed by atoms with van der Waals surface area (Å²) in [7, 11) is -4.60. The molecule has 6 unspecified atom stereocenters. The SMILES string of the molecule is CC(C)C(Oc1cc(C(=O)OCCS(=O)(=O)[O-])ccc1OC(F)(F)F)OC1CC2CC1C1CCCC21. The van der Waals surface area contributed by atoms with E-state index in [1.54, 1.807) is 0 Å². The number of benzene rings is 1. The minimum absolute atomic E-state index is 0.0454. The van der Waals surface area contributed by atoms with Crippen LogP contribution in [0.25, 0.3) is 0 Å². The first-order valence-corrected chi connectivity index (χ1v) is 13.7. The monoisotopic (exact) mass is 535 g/mol. The first kappa shape index (κ1) is 27.0. The maximum atomic E-state index is 13.0. The van der Waals surface area contributed by atoms with Crippen LogP contribution >= 0.6 is 0 Å². The number of alkyl halides is 3. The highest BCUT2D eigenvalue weighted by atomic mass is 32.2. The average Bonchev–Trinajstić information content (AvgIpc) is 3.46. The van der Waals surface area contributed by atoms with Gasteiger partial charge in [-0.2, -0.15) is 0 Å². The predicted octanol–water partition coefficient (Wildman–Crippen LogP) is 4.49. The predicted molar refractivity (Wildman–Crippen MR) is 119 cm³/mol. The highest BCUT2D eigenvalue weighted by Gasteiger charge is 2.54. The lowest BCUT2D eigenvalue weighted by Crippen LogP contribution is -2.37. The molecule has 0 aliphatic heterocycles. The molecule has 0 spiro atoms. The summed E-state index contributed by atoms with van der Waals surface area (Å²) in [5.41, 5.74) is -0.195. The number of rotatable bonds is 10. The van der Waals surface area contributed by atoms with Crippen molar-refractivity contribution in [2.45, 2.75) is 64.7 Å². The number of hydrogen-bond donors (Lipinski definition) is 0. The number of ether oxygens (including phenoxy) is 4. The number of esters is 1. The van der Waals surface area contributed by atoms with Gasteiger partial charge in [0.25, 0.3) is 0 Å². The fraction of sp³-hybridized carbons (Fsp3) is 0.708. The highest BCUT2D eigenvalue weighted by molar-refractivity contribution is 7.85. The van der Waals surface area contributed by atoms with Crippen LogP contribution in [0.1, 0.15) is 56.3 Å². The van der Waals surface area contributed by atoms with Crippen molar-refractivity contribution < 1.29 is 49.9 Å². The fourth-order valence-corrected chi connectivity index (χ4v) is 6.32. The third-order valence-electron chi connectivity index (χ3n) is 7.44. The molecular weight excluding hydrogens is 505 g/mol. The van der Waals surface area contributed by atoms with Gasteiger partial charge >= 0.3 is 12.3 Å². The zero-order chi connectivity index (χ0) is 26.3. The van der Waals surface area contributed by atoms with E-state index in [1.165, 1.54) is 19.3 Å². The Morgan fingerprint density at radius 3 is 2.50 bits per heavy atom. The van der Waals surface area contributed by atoms with Crippen LogP contribution in [0.3, 0.4) is 0 Å². The largest absolute Gasteiger partial charge is 0.748 e. The van der Waals surface area contributed by atoms with Crippen molar-refractivity contribution in [1.29, 1.82) is 0 Å². The minimum atomic E-state index is -5.00. The Labute approximate surface area is 208 Å². The van der Waals surface area contributed by atoms with Crippen molar-refractivity contribution >= 4 is 16.1 Å². The van der Waals surface area contributed by atoms with E-state index in [0.717, 1.165) is 37.0 Å². The van der Waals surface area contributed by atoms with Crippen molar-refractivity contribution in [2.24, 2.45) is 29.6 Å². The normalized spacial score (nSPS) is 28.2. The van der Waals surface area contributed by atoms with Crippen LogP contribution in [0.2, 0.25) is 0 Å². The molecule has 202 valence electrons. The smallest absolute Gasteiger partial charge is 0.573 e. The van der Waals surface area contributed by atoms with E-state index < -0.39 is 46.8 Å². The van der Waals surface area contributed by atoms with Crippen molar-refractivity contribution in [2.75, 3.05) is 12.4 Å². The summed E-state index contributed by atoms with van der Waals surface area (Å²) in [5, 5.41) is 0. The van der Waals surface area contributed by atoms with Gasteiger partial charge in [-0.1, -0.05) is 20.3 Å². The van der Waals surface area contributed by atoms with E-state index >= 15 is 0 Å². The molecular formula is C24H30F3O8S-. The number of halogens is 3. The maximum Gasteiger partial charge on any atom is 0.573 e. The molecule has 3 saturated carbocycles. The van der Waals surface area contributed by atoms with E-state index in [2.05, 4.69) is 4.74 Å². The van der Waals surface area contributed by atoms with Crippen LogP contribution in [0.5, 0.6) is 11.5 Å². The number of fused-ring (bicyclic) bond motifs is 5. The summed E-state index contributed by atoms with van der Waals surface area (Å²) < 4.78 is 92.3. The first-order chi connectivity index (χ1) is 16.8. The molecule has 0 saturated heterocycles. The van der Waals surface area contributed by atoms with E-state index in [9.17, 15) is 30.9 Å². The van der Waals surface area contributed by atoms with E-state index in [0.29, 0.717) is 17.8 Å². The van der Waals surface area contributed by atoms with Crippen molar-refractivity contribution in [3.8, 4) is 11.5 Å². The van der Waals surface area contributed by atoms with Gasteiger partial charge in [0.2, 0.25) is 6.29 Å². The Bertz CT molecular complexity index is 1060. The number of carbonyl (C=O) groups is 1. The molecule has 1 aromatic carbocycles. The van der Waals surface area contributed by atoms with Gasteiger partial charge in [0.1, 0.15) is 6.61 Å². The molecule has 2 bridgehead atoms. The Kier molecular flexibility index (Phi) is 7.78. The van der Waals surface area contributed by atoms with Crippen LogP contribution in [0.4, 0.5) is 13.2 Å². The number of hydrogen-bond acceptors (Lipinski definition) is 8. The molecule has 3 aliphatic rings. The van der Waals surface area contributed by atoms with Gasteiger partial charge in [-0.25, -0.2) is 13.2 Å².